The molecule has 0 amide bonds. The van der Waals surface area contributed by atoms with Gasteiger partial charge in [-0.15, -0.1) is 0 Å². The number of carbonyl (C=O) groups excluding carboxylic acids is 1. The molecule has 0 aliphatic heterocycles. The van der Waals surface area contributed by atoms with Crippen molar-refractivity contribution in [2.24, 2.45) is 5.16 Å². The summed E-state index contributed by atoms with van der Waals surface area (Å²) in [6.45, 7) is 1.29. The number of hydrogen-bond acceptors (Lipinski definition) is 4. The van der Waals surface area contributed by atoms with E-state index >= 15 is 0 Å². The Labute approximate surface area is 98.5 Å². The zero-order chi connectivity index (χ0) is 12.1. The van der Waals surface area contributed by atoms with Crippen LogP contribution in [0.25, 0.3) is 11.3 Å². The van der Waals surface area contributed by atoms with E-state index in [0.717, 1.165) is 11.3 Å². The van der Waals surface area contributed by atoms with Crippen LogP contribution in [0.5, 0.6) is 0 Å². The van der Waals surface area contributed by atoms with Crippen LogP contribution >= 0.6 is 0 Å². The predicted molar refractivity (Wildman–Crippen MR) is 63.5 cm³/mol. The summed E-state index contributed by atoms with van der Waals surface area (Å²) in [5.74, 6) is 0.816. The van der Waals surface area contributed by atoms with Crippen LogP contribution in [0.3, 0.4) is 0 Å². The molecule has 0 spiro atoms. The van der Waals surface area contributed by atoms with Gasteiger partial charge in [-0.1, -0.05) is 35.5 Å². The molecule has 0 atom stereocenters. The molecule has 2 rings (SSSR count). The SMILES string of the molecule is CC(=O)O/N=C/c1ccc(-c2ccccc2)o1. The van der Waals surface area contributed by atoms with Crippen LogP contribution in [0.15, 0.2) is 52.0 Å². The van der Waals surface area contributed by atoms with E-state index in [4.69, 9.17) is 4.42 Å². The number of nitrogens with zero attached hydrogens (tertiary/aromatic N) is 1. The van der Waals surface area contributed by atoms with Gasteiger partial charge in [-0.05, 0) is 12.1 Å². The van der Waals surface area contributed by atoms with E-state index in [-0.39, 0.29) is 0 Å². The van der Waals surface area contributed by atoms with Gasteiger partial charge >= 0.3 is 5.97 Å². The van der Waals surface area contributed by atoms with E-state index < -0.39 is 5.97 Å². The Morgan fingerprint density at radius 2 is 2.00 bits per heavy atom. The summed E-state index contributed by atoms with van der Waals surface area (Å²) in [5.41, 5.74) is 0.986. The van der Waals surface area contributed by atoms with Crippen LogP contribution in [-0.4, -0.2) is 12.2 Å². The Morgan fingerprint density at radius 1 is 1.24 bits per heavy atom. The topological polar surface area (TPSA) is 51.8 Å². The Balaban J connectivity index is 2.11. The van der Waals surface area contributed by atoms with E-state index in [2.05, 4.69) is 9.99 Å². The summed E-state index contributed by atoms with van der Waals surface area (Å²) in [6, 6.07) is 13.3. The molecule has 2 aromatic rings. The number of furan rings is 1. The number of rotatable bonds is 3. The fraction of sp³-hybridized carbons (Fsp3) is 0.0769. The average Bonchev–Trinajstić information content (AvgIpc) is 2.78. The van der Waals surface area contributed by atoms with Crippen molar-refractivity contribution < 1.29 is 14.0 Å². The van der Waals surface area contributed by atoms with Crippen LogP contribution < -0.4 is 0 Å². The van der Waals surface area contributed by atoms with Crippen molar-refractivity contribution in [1.29, 1.82) is 0 Å². The smallest absolute Gasteiger partial charge is 0.331 e. The molecule has 0 saturated carbocycles. The number of carbonyl (C=O) groups is 1. The minimum atomic E-state index is -0.462. The molecule has 0 aliphatic rings. The van der Waals surface area contributed by atoms with Crippen LogP contribution in [-0.2, 0) is 9.63 Å². The molecule has 1 aromatic carbocycles. The monoisotopic (exact) mass is 229 g/mol. The molecule has 0 aliphatic carbocycles. The molecule has 4 nitrogen and oxygen atoms in total. The fourth-order valence-corrected chi connectivity index (χ4v) is 1.33. The third-order valence-electron chi connectivity index (χ3n) is 2.05. The molecule has 0 fully saturated rings. The van der Waals surface area contributed by atoms with Crippen molar-refractivity contribution in [2.45, 2.75) is 6.92 Å². The lowest BCUT2D eigenvalue weighted by Crippen LogP contribution is -1.90. The molecule has 1 aromatic heterocycles. The second-order valence-electron chi connectivity index (χ2n) is 3.39. The Bertz CT molecular complexity index is 529. The van der Waals surface area contributed by atoms with Gasteiger partial charge in [0.2, 0.25) is 0 Å². The van der Waals surface area contributed by atoms with Gasteiger partial charge in [0.15, 0.2) is 0 Å². The van der Waals surface area contributed by atoms with Crippen molar-refractivity contribution in [3.63, 3.8) is 0 Å². The van der Waals surface area contributed by atoms with E-state index in [1.807, 2.05) is 36.4 Å². The minimum absolute atomic E-state index is 0.462. The Hall–Kier alpha value is -2.36. The second-order valence-corrected chi connectivity index (χ2v) is 3.39. The molecule has 4 heteroatoms. The zero-order valence-corrected chi connectivity index (χ0v) is 9.29. The lowest BCUT2D eigenvalue weighted by Gasteiger charge is -1.94. The largest absolute Gasteiger partial charge is 0.455 e. The lowest BCUT2D eigenvalue weighted by atomic mass is 10.2. The van der Waals surface area contributed by atoms with Gasteiger partial charge < -0.3 is 9.25 Å². The van der Waals surface area contributed by atoms with Gasteiger partial charge in [0.25, 0.3) is 0 Å². The lowest BCUT2D eigenvalue weighted by molar-refractivity contribution is -0.140. The first kappa shape index (κ1) is 11.1. The van der Waals surface area contributed by atoms with Gasteiger partial charge in [-0.2, -0.15) is 0 Å². The average molecular weight is 229 g/mol. The maximum Gasteiger partial charge on any atom is 0.331 e. The molecule has 0 saturated heterocycles. The maximum atomic E-state index is 10.5. The summed E-state index contributed by atoms with van der Waals surface area (Å²) in [6.07, 6.45) is 1.36. The normalized spacial score (nSPS) is 10.6. The van der Waals surface area contributed by atoms with E-state index in [9.17, 15) is 4.79 Å². The zero-order valence-electron chi connectivity index (χ0n) is 9.29. The molecule has 1 heterocycles. The van der Waals surface area contributed by atoms with Gasteiger partial charge in [0, 0.05) is 12.5 Å². The van der Waals surface area contributed by atoms with Gasteiger partial charge in [0.05, 0.1) is 0 Å². The third kappa shape index (κ3) is 3.04. The highest BCUT2D eigenvalue weighted by Gasteiger charge is 2.02. The minimum Gasteiger partial charge on any atom is -0.455 e. The van der Waals surface area contributed by atoms with E-state index in [0.29, 0.717) is 5.76 Å². The van der Waals surface area contributed by atoms with Crippen molar-refractivity contribution in [3.05, 3.63) is 48.2 Å². The van der Waals surface area contributed by atoms with Crippen LogP contribution in [0.2, 0.25) is 0 Å². The summed E-state index contributed by atoms with van der Waals surface area (Å²) in [7, 11) is 0. The summed E-state index contributed by atoms with van der Waals surface area (Å²) in [5, 5.41) is 3.48. The molecule has 0 N–H and O–H groups in total. The van der Waals surface area contributed by atoms with E-state index in [1.165, 1.54) is 13.1 Å². The van der Waals surface area contributed by atoms with Crippen LogP contribution in [0.1, 0.15) is 12.7 Å². The molecule has 0 radical (unpaired) electrons. The first-order chi connectivity index (χ1) is 8.25. The number of benzene rings is 1. The first-order valence-electron chi connectivity index (χ1n) is 5.12. The standard InChI is InChI=1S/C13H11NO3/c1-10(15)17-14-9-12-7-8-13(16-12)11-5-3-2-4-6-11/h2-9H,1H3/b14-9+. The van der Waals surface area contributed by atoms with Gasteiger partial charge in [-0.3, -0.25) is 0 Å². The predicted octanol–water partition coefficient (Wildman–Crippen LogP) is 2.84. The highest BCUT2D eigenvalue weighted by Crippen LogP contribution is 2.20. The highest BCUT2D eigenvalue weighted by atomic mass is 16.7. The summed E-state index contributed by atoms with van der Waals surface area (Å²) in [4.78, 5) is 14.9. The molecule has 17 heavy (non-hydrogen) atoms. The van der Waals surface area contributed by atoms with Crippen molar-refractivity contribution in [1.82, 2.24) is 0 Å². The van der Waals surface area contributed by atoms with Gasteiger partial charge in [0.1, 0.15) is 17.7 Å². The van der Waals surface area contributed by atoms with E-state index in [1.54, 1.807) is 6.07 Å². The van der Waals surface area contributed by atoms with Crippen molar-refractivity contribution >= 4 is 12.2 Å². The van der Waals surface area contributed by atoms with Crippen LogP contribution in [0, 0.1) is 0 Å². The molecular formula is C13H11NO3. The fourth-order valence-electron chi connectivity index (χ4n) is 1.33. The Kier molecular flexibility index (Phi) is 3.35. The number of hydrogen-bond donors (Lipinski definition) is 0. The first-order valence-corrected chi connectivity index (χ1v) is 5.12. The number of oxime groups is 1. The molecule has 0 unspecified atom stereocenters. The van der Waals surface area contributed by atoms with Crippen molar-refractivity contribution in [3.8, 4) is 11.3 Å². The van der Waals surface area contributed by atoms with Crippen molar-refractivity contribution in [2.75, 3.05) is 0 Å². The maximum absolute atomic E-state index is 10.5. The second kappa shape index (κ2) is 5.12. The quantitative estimate of drug-likeness (QED) is 0.462. The summed E-state index contributed by atoms with van der Waals surface area (Å²) >= 11 is 0. The van der Waals surface area contributed by atoms with Crippen LogP contribution in [0.4, 0.5) is 0 Å². The molecule has 0 bridgehead atoms. The summed E-state index contributed by atoms with van der Waals surface area (Å²) < 4.78 is 5.51. The Morgan fingerprint density at radius 3 is 2.71 bits per heavy atom. The highest BCUT2D eigenvalue weighted by molar-refractivity contribution is 5.78. The third-order valence-corrected chi connectivity index (χ3v) is 2.05. The molecular weight excluding hydrogens is 218 g/mol. The molecule has 86 valence electrons. The van der Waals surface area contributed by atoms with Gasteiger partial charge in [-0.25, -0.2) is 4.79 Å².